The third-order valence-corrected chi connectivity index (χ3v) is 5.15. The minimum Gasteiger partial charge on any atom is -0.339 e. The molecule has 0 aliphatic heterocycles. The van der Waals surface area contributed by atoms with Crippen LogP contribution in [-0.4, -0.2) is 23.9 Å². The normalized spacial score (nSPS) is 23.2. The summed E-state index contributed by atoms with van der Waals surface area (Å²) in [5, 5.41) is 0. The lowest BCUT2D eigenvalue weighted by Gasteiger charge is -2.33. The standard InChI is InChI=1S/C16H22BrNO/c1-11-4-7-14(8-5-11)18(3)16(19)13-6-9-15(17)12(2)10-13/h6,9-11,14H,4-5,7-8H2,1-3H3. The maximum atomic E-state index is 12.5. The van der Waals surface area contributed by atoms with Crippen LogP contribution in [0.1, 0.15) is 48.5 Å². The van der Waals surface area contributed by atoms with Gasteiger partial charge >= 0.3 is 0 Å². The van der Waals surface area contributed by atoms with E-state index in [2.05, 4.69) is 22.9 Å². The minimum atomic E-state index is 0.148. The fourth-order valence-electron chi connectivity index (χ4n) is 2.78. The Labute approximate surface area is 124 Å². The van der Waals surface area contributed by atoms with E-state index in [1.165, 1.54) is 12.8 Å². The Morgan fingerprint density at radius 2 is 1.89 bits per heavy atom. The lowest BCUT2D eigenvalue weighted by molar-refractivity contribution is 0.0679. The molecule has 2 rings (SSSR count). The van der Waals surface area contributed by atoms with Crippen molar-refractivity contribution >= 4 is 21.8 Å². The van der Waals surface area contributed by atoms with Crippen LogP contribution in [0.3, 0.4) is 0 Å². The van der Waals surface area contributed by atoms with Crippen molar-refractivity contribution in [3.63, 3.8) is 0 Å². The molecule has 1 saturated carbocycles. The summed E-state index contributed by atoms with van der Waals surface area (Å²) in [7, 11) is 1.94. The zero-order chi connectivity index (χ0) is 14.0. The molecule has 0 heterocycles. The van der Waals surface area contributed by atoms with E-state index in [9.17, 15) is 4.79 Å². The molecule has 1 aliphatic carbocycles. The van der Waals surface area contributed by atoms with Gasteiger partial charge in [0.15, 0.2) is 0 Å². The van der Waals surface area contributed by atoms with Crippen LogP contribution >= 0.6 is 15.9 Å². The third-order valence-electron chi connectivity index (χ3n) is 4.26. The van der Waals surface area contributed by atoms with E-state index in [0.717, 1.165) is 34.4 Å². The number of hydrogen-bond acceptors (Lipinski definition) is 1. The molecule has 3 heteroatoms. The summed E-state index contributed by atoms with van der Waals surface area (Å²) in [6, 6.07) is 6.24. The first-order valence-corrected chi connectivity index (χ1v) is 7.81. The molecule has 19 heavy (non-hydrogen) atoms. The third kappa shape index (κ3) is 3.38. The van der Waals surface area contributed by atoms with E-state index >= 15 is 0 Å². The van der Waals surface area contributed by atoms with E-state index in [1.54, 1.807) is 0 Å². The molecule has 0 aromatic heterocycles. The molecule has 1 amide bonds. The highest BCUT2D eigenvalue weighted by atomic mass is 79.9. The van der Waals surface area contributed by atoms with Gasteiger partial charge in [0, 0.05) is 23.1 Å². The van der Waals surface area contributed by atoms with E-state index in [0.29, 0.717) is 6.04 Å². The highest BCUT2D eigenvalue weighted by Gasteiger charge is 2.25. The van der Waals surface area contributed by atoms with Gasteiger partial charge in [-0.1, -0.05) is 22.9 Å². The average molecular weight is 324 g/mol. The first kappa shape index (κ1) is 14.6. The van der Waals surface area contributed by atoms with Gasteiger partial charge in [0.2, 0.25) is 0 Å². The summed E-state index contributed by atoms with van der Waals surface area (Å²) in [5.41, 5.74) is 1.90. The Morgan fingerprint density at radius 3 is 2.47 bits per heavy atom. The van der Waals surface area contributed by atoms with Gasteiger partial charge in [-0.2, -0.15) is 0 Å². The molecule has 0 bridgehead atoms. The van der Waals surface area contributed by atoms with Crippen LogP contribution in [0.15, 0.2) is 22.7 Å². The number of halogens is 1. The Balaban J connectivity index is 2.08. The largest absolute Gasteiger partial charge is 0.339 e. The Bertz CT molecular complexity index is 464. The second-order valence-electron chi connectivity index (χ2n) is 5.79. The van der Waals surface area contributed by atoms with Gasteiger partial charge in [0.25, 0.3) is 5.91 Å². The number of carbonyl (C=O) groups is 1. The topological polar surface area (TPSA) is 20.3 Å². The maximum absolute atomic E-state index is 12.5. The molecule has 1 fully saturated rings. The summed E-state index contributed by atoms with van der Waals surface area (Å²) >= 11 is 3.47. The summed E-state index contributed by atoms with van der Waals surface area (Å²) in [6.07, 6.45) is 4.75. The Morgan fingerprint density at radius 1 is 1.26 bits per heavy atom. The molecule has 0 saturated heterocycles. The number of nitrogens with zero attached hydrogens (tertiary/aromatic N) is 1. The predicted octanol–water partition coefficient (Wildman–Crippen LogP) is 4.41. The van der Waals surface area contributed by atoms with Crippen LogP contribution in [0.4, 0.5) is 0 Å². The van der Waals surface area contributed by atoms with Crippen LogP contribution in [0.25, 0.3) is 0 Å². The van der Waals surface area contributed by atoms with Crippen molar-refractivity contribution in [1.82, 2.24) is 4.90 Å². The lowest BCUT2D eigenvalue weighted by Crippen LogP contribution is -2.39. The van der Waals surface area contributed by atoms with Gasteiger partial charge in [-0.25, -0.2) is 0 Å². The second kappa shape index (κ2) is 6.08. The van der Waals surface area contributed by atoms with Gasteiger partial charge in [0.05, 0.1) is 0 Å². The van der Waals surface area contributed by atoms with Gasteiger partial charge in [-0.3, -0.25) is 4.79 Å². The number of carbonyl (C=O) groups excluding carboxylic acids is 1. The Kier molecular flexibility index (Phi) is 4.67. The lowest BCUT2D eigenvalue weighted by atomic mass is 9.86. The van der Waals surface area contributed by atoms with Gasteiger partial charge in [0.1, 0.15) is 0 Å². The highest BCUT2D eigenvalue weighted by Crippen LogP contribution is 2.27. The number of rotatable bonds is 2. The predicted molar refractivity (Wildman–Crippen MR) is 82.4 cm³/mol. The van der Waals surface area contributed by atoms with Crippen molar-refractivity contribution < 1.29 is 4.79 Å². The molecule has 104 valence electrons. The highest BCUT2D eigenvalue weighted by molar-refractivity contribution is 9.10. The molecule has 0 N–H and O–H groups in total. The van der Waals surface area contributed by atoms with Gasteiger partial charge < -0.3 is 4.90 Å². The first-order chi connectivity index (χ1) is 8.99. The quantitative estimate of drug-likeness (QED) is 0.789. The first-order valence-electron chi connectivity index (χ1n) is 7.02. The molecular weight excluding hydrogens is 302 g/mol. The molecule has 2 nitrogen and oxygen atoms in total. The monoisotopic (exact) mass is 323 g/mol. The van der Waals surface area contributed by atoms with Crippen molar-refractivity contribution in [2.45, 2.75) is 45.6 Å². The molecule has 0 unspecified atom stereocenters. The SMILES string of the molecule is Cc1cc(C(=O)N(C)C2CCC(C)CC2)ccc1Br. The smallest absolute Gasteiger partial charge is 0.253 e. The Hall–Kier alpha value is -0.830. The van der Waals surface area contributed by atoms with E-state index in [4.69, 9.17) is 0 Å². The van der Waals surface area contributed by atoms with Crippen molar-refractivity contribution in [1.29, 1.82) is 0 Å². The second-order valence-corrected chi connectivity index (χ2v) is 6.65. The van der Waals surface area contributed by atoms with Crippen LogP contribution in [0.2, 0.25) is 0 Å². The van der Waals surface area contributed by atoms with Crippen molar-refractivity contribution in [2.24, 2.45) is 5.92 Å². The number of benzene rings is 1. The summed E-state index contributed by atoms with van der Waals surface area (Å²) in [5.74, 6) is 0.963. The number of hydrogen-bond donors (Lipinski definition) is 0. The average Bonchev–Trinajstić information content (AvgIpc) is 2.41. The fraction of sp³-hybridized carbons (Fsp3) is 0.562. The molecule has 0 radical (unpaired) electrons. The van der Waals surface area contributed by atoms with Crippen LogP contribution in [-0.2, 0) is 0 Å². The van der Waals surface area contributed by atoms with Gasteiger partial charge in [-0.15, -0.1) is 0 Å². The fourth-order valence-corrected chi connectivity index (χ4v) is 3.02. The van der Waals surface area contributed by atoms with Crippen LogP contribution in [0.5, 0.6) is 0 Å². The number of aryl methyl sites for hydroxylation is 1. The molecular formula is C16H22BrNO. The zero-order valence-electron chi connectivity index (χ0n) is 11.9. The molecule has 1 aliphatic rings. The molecule has 0 atom stereocenters. The summed E-state index contributed by atoms with van der Waals surface area (Å²) in [6.45, 7) is 4.32. The molecule has 1 aromatic carbocycles. The molecule has 0 spiro atoms. The van der Waals surface area contributed by atoms with Crippen LogP contribution < -0.4 is 0 Å². The van der Waals surface area contributed by atoms with Crippen molar-refractivity contribution in [3.8, 4) is 0 Å². The van der Waals surface area contributed by atoms with E-state index in [1.807, 2.05) is 37.1 Å². The van der Waals surface area contributed by atoms with Crippen molar-refractivity contribution in [2.75, 3.05) is 7.05 Å². The number of amides is 1. The minimum absolute atomic E-state index is 0.148. The van der Waals surface area contributed by atoms with Crippen LogP contribution in [0, 0.1) is 12.8 Å². The summed E-state index contributed by atoms with van der Waals surface area (Å²) < 4.78 is 1.05. The van der Waals surface area contributed by atoms with Crippen molar-refractivity contribution in [3.05, 3.63) is 33.8 Å². The maximum Gasteiger partial charge on any atom is 0.253 e. The van der Waals surface area contributed by atoms with Gasteiger partial charge in [-0.05, 0) is 62.3 Å². The molecule has 1 aromatic rings. The van der Waals surface area contributed by atoms with E-state index in [-0.39, 0.29) is 5.91 Å². The summed E-state index contributed by atoms with van der Waals surface area (Å²) in [4.78, 5) is 14.4. The zero-order valence-corrected chi connectivity index (χ0v) is 13.5. The van der Waals surface area contributed by atoms with E-state index < -0.39 is 0 Å².